The Balaban J connectivity index is 2.56. The lowest BCUT2D eigenvalue weighted by molar-refractivity contribution is -0.164. The van der Waals surface area contributed by atoms with Crippen LogP contribution in [0.25, 0.3) is 0 Å². The molecule has 0 aliphatic heterocycles. The third-order valence-electron chi connectivity index (χ3n) is 5.48. The molecule has 0 saturated heterocycles. The van der Waals surface area contributed by atoms with Crippen molar-refractivity contribution in [1.29, 1.82) is 0 Å². The lowest BCUT2D eigenvalue weighted by Crippen LogP contribution is -2.57. The molecule has 0 saturated carbocycles. The Morgan fingerprint density at radius 3 is 2.00 bits per heavy atom. The number of carbonyl (C=O) groups excluding carboxylic acids is 2. The molecule has 0 radical (unpaired) electrons. The summed E-state index contributed by atoms with van der Waals surface area (Å²) in [6.45, 7) is 11.6. The van der Waals surface area contributed by atoms with E-state index in [0.29, 0.717) is 6.42 Å². The minimum absolute atomic E-state index is 0.113. The summed E-state index contributed by atoms with van der Waals surface area (Å²) < 4.78 is 15.9. The van der Waals surface area contributed by atoms with Crippen LogP contribution in [0, 0.1) is 0 Å². The fourth-order valence-corrected chi connectivity index (χ4v) is 6.08. The lowest BCUT2D eigenvalue weighted by Gasteiger charge is -2.24. The van der Waals surface area contributed by atoms with Gasteiger partial charge in [-0.05, 0) is 50.8 Å². The van der Waals surface area contributed by atoms with Crippen molar-refractivity contribution in [2.24, 2.45) is 5.73 Å². The minimum atomic E-state index is -1.80. The average Bonchev–Trinajstić information content (AvgIpc) is 2.74. The molecule has 0 atom stereocenters. The van der Waals surface area contributed by atoms with Gasteiger partial charge in [-0.25, -0.2) is 9.59 Å². The Labute approximate surface area is 188 Å². The van der Waals surface area contributed by atoms with Crippen molar-refractivity contribution in [2.45, 2.75) is 83.6 Å². The van der Waals surface area contributed by atoms with Crippen LogP contribution in [0.5, 0.6) is 5.75 Å². The number of hydrogen-bond acceptors (Lipinski definition) is 6. The lowest BCUT2D eigenvalue weighted by atomic mass is 9.92. The van der Waals surface area contributed by atoms with Crippen LogP contribution in [0.1, 0.15) is 52.0 Å². The maximum Gasteiger partial charge on any atom is 0.337 e. The van der Waals surface area contributed by atoms with Crippen LogP contribution >= 0.6 is 0 Å². The van der Waals surface area contributed by atoms with Gasteiger partial charge in [-0.15, -0.1) is 0 Å². The molecule has 7 heteroatoms. The van der Waals surface area contributed by atoms with Crippen LogP contribution in [-0.2, 0) is 25.5 Å². The van der Waals surface area contributed by atoms with E-state index in [0.717, 1.165) is 24.3 Å². The second kappa shape index (κ2) is 13.5. The standard InChI is InChI=1S/C24H41NO5Si/c1-6-9-18-31(4,5)19-10-17-30-21-13-11-20(12-14-21)15-16-24(25,22(26)28-7-2)23(27)29-8-3/h11-14H,6-10,15-19,25H2,1-5H3. The van der Waals surface area contributed by atoms with Gasteiger partial charge in [0.1, 0.15) is 5.75 Å². The minimum Gasteiger partial charge on any atom is -0.494 e. The number of unbranched alkanes of at least 4 members (excludes halogenated alkanes) is 1. The van der Waals surface area contributed by atoms with Crippen molar-refractivity contribution in [1.82, 2.24) is 0 Å². The molecule has 31 heavy (non-hydrogen) atoms. The van der Waals surface area contributed by atoms with Gasteiger partial charge in [-0.2, -0.15) is 0 Å². The van der Waals surface area contributed by atoms with Crippen LogP contribution in [-0.4, -0.2) is 45.4 Å². The van der Waals surface area contributed by atoms with Crippen LogP contribution in [0.3, 0.4) is 0 Å². The highest BCUT2D eigenvalue weighted by atomic mass is 28.3. The van der Waals surface area contributed by atoms with Gasteiger partial charge in [0.05, 0.1) is 19.8 Å². The molecule has 0 aliphatic rings. The molecule has 0 bridgehead atoms. The van der Waals surface area contributed by atoms with Crippen LogP contribution < -0.4 is 10.5 Å². The summed E-state index contributed by atoms with van der Waals surface area (Å²) in [6, 6.07) is 10.4. The molecule has 0 heterocycles. The summed E-state index contributed by atoms with van der Waals surface area (Å²) in [7, 11) is -1.10. The number of carbonyl (C=O) groups is 2. The Morgan fingerprint density at radius 1 is 0.935 bits per heavy atom. The van der Waals surface area contributed by atoms with Crippen LogP contribution in [0.4, 0.5) is 0 Å². The summed E-state index contributed by atoms with van der Waals surface area (Å²) in [5, 5.41) is 0. The van der Waals surface area contributed by atoms with E-state index >= 15 is 0 Å². The first-order chi connectivity index (χ1) is 14.7. The second-order valence-electron chi connectivity index (χ2n) is 8.78. The number of aryl methyl sites for hydroxylation is 1. The SMILES string of the molecule is CCCC[Si](C)(C)CCCOc1ccc(CCC(N)(C(=O)OCC)C(=O)OCC)cc1. The van der Waals surface area contributed by atoms with E-state index in [1.807, 2.05) is 24.3 Å². The fraction of sp³-hybridized carbons (Fsp3) is 0.667. The Bertz CT molecular complexity index is 657. The van der Waals surface area contributed by atoms with E-state index in [9.17, 15) is 9.59 Å². The van der Waals surface area contributed by atoms with Crippen molar-refractivity contribution < 1.29 is 23.8 Å². The number of nitrogens with two attached hydrogens (primary N) is 1. The largest absolute Gasteiger partial charge is 0.494 e. The summed E-state index contributed by atoms with van der Waals surface area (Å²) in [5.41, 5.74) is 5.28. The zero-order chi connectivity index (χ0) is 23.3. The third-order valence-corrected chi connectivity index (χ3v) is 8.90. The van der Waals surface area contributed by atoms with Gasteiger partial charge in [0.2, 0.25) is 5.54 Å². The molecule has 0 amide bonds. The van der Waals surface area contributed by atoms with Gasteiger partial charge in [0.15, 0.2) is 0 Å². The van der Waals surface area contributed by atoms with E-state index in [4.69, 9.17) is 19.9 Å². The maximum atomic E-state index is 12.3. The predicted molar refractivity (Wildman–Crippen MR) is 127 cm³/mol. The Hall–Kier alpha value is -1.86. The first-order valence-electron chi connectivity index (χ1n) is 11.5. The van der Waals surface area contributed by atoms with E-state index < -0.39 is 25.6 Å². The predicted octanol–water partition coefficient (Wildman–Crippen LogP) is 4.72. The van der Waals surface area contributed by atoms with E-state index in [2.05, 4.69) is 20.0 Å². The number of ether oxygens (including phenoxy) is 3. The van der Waals surface area contributed by atoms with Crippen molar-refractivity contribution >= 4 is 20.0 Å². The number of benzene rings is 1. The third kappa shape index (κ3) is 9.43. The molecule has 1 aromatic rings. The van der Waals surface area contributed by atoms with Crippen LogP contribution in [0.15, 0.2) is 24.3 Å². The summed E-state index contributed by atoms with van der Waals surface area (Å²) in [6.07, 6.45) is 4.25. The quantitative estimate of drug-likeness (QED) is 0.180. The first kappa shape index (κ1) is 27.2. The smallest absolute Gasteiger partial charge is 0.337 e. The Kier molecular flexibility index (Phi) is 11.9. The molecule has 0 fully saturated rings. The molecule has 1 rings (SSSR count). The summed E-state index contributed by atoms with van der Waals surface area (Å²) in [4.78, 5) is 24.5. The van der Waals surface area contributed by atoms with E-state index in [1.54, 1.807) is 13.8 Å². The number of rotatable bonds is 15. The molecule has 0 unspecified atom stereocenters. The van der Waals surface area contributed by atoms with Crippen molar-refractivity contribution in [3.63, 3.8) is 0 Å². The molecule has 6 nitrogen and oxygen atoms in total. The monoisotopic (exact) mass is 451 g/mol. The van der Waals surface area contributed by atoms with Crippen molar-refractivity contribution in [3.8, 4) is 5.75 Å². The topological polar surface area (TPSA) is 87.9 Å². The van der Waals surface area contributed by atoms with Crippen molar-refractivity contribution in [2.75, 3.05) is 19.8 Å². The zero-order valence-electron chi connectivity index (χ0n) is 20.0. The van der Waals surface area contributed by atoms with Gasteiger partial charge >= 0.3 is 11.9 Å². The molecule has 1 aromatic carbocycles. The molecular formula is C24H41NO5Si. The number of hydrogen-bond donors (Lipinski definition) is 1. The zero-order valence-corrected chi connectivity index (χ0v) is 21.0. The maximum absolute atomic E-state index is 12.3. The van der Waals surface area contributed by atoms with Gasteiger partial charge in [0, 0.05) is 8.07 Å². The molecule has 0 spiro atoms. The van der Waals surface area contributed by atoms with Gasteiger partial charge in [-0.3, -0.25) is 0 Å². The van der Waals surface area contributed by atoms with Crippen molar-refractivity contribution in [3.05, 3.63) is 29.8 Å². The van der Waals surface area contributed by atoms with Gasteiger partial charge in [-0.1, -0.05) is 57.1 Å². The summed E-state index contributed by atoms with van der Waals surface area (Å²) in [5.74, 6) is -0.677. The average molecular weight is 452 g/mol. The van der Waals surface area contributed by atoms with Gasteiger partial charge < -0.3 is 19.9 Å². The highest BCUT2D eigenvalue weighted by molar-refractivity contribution is 6.77. The highest BCUT2D eigenvalue weighted by Crippen LogP contribution is 2.22. The molecular weight excluding hydrogens is 410 g/mol. The first-order valence-corrected chi connectivity index (χ1v) is 14.9. The molecule has 176 valence electrons. The van der Waals surface area contributed by atoms with E-state index in [-0.39, 0.29) is 19.6 Å². The molecule has 0 aromatic heterocycles. The van der Waals surface area contributed by atoms with E-state index in [1.165, 1.54) is 24.9 Å². The van der Waals surface area contributed by atoms with Gasteiger partial charge in [0.25, 0.3) is 0 Å². The summed E-state index contributed by atoms with van der Waals surface area (Å²) >= 11 is 0. The normalized spacial score (nSPS) is 11.8. The highest BCUT2D eigenvalue weighted by Gasteiger charge is 2.44. The molecule has 0 aliphatic carbocycles. The van der Waals surface area contributed by atoms with Crippen LogP contribution in [0.2, 0.25) is 25.2 Å². The molecule has 2 N–H and O–H groups in total. The second-order valence-corrected chi connectivity index (χ2v) is 14.1. The number of esters is 2. The Morgan fingerprint density at radius 2 is 1.48 bits per heavy atom. The fourth-order valence-electron chi connectivity index (χ4n) is 3.42.